The summed E-state index contributed by atoms with van der Waals surface area (Å²) in [6, 6.07) is 7.55. The molecule has 3 heteroatoms. The molecule has 0 saturated carbocycles. The number of nitrogens with one attached hydrogen (secondary N) is 1. The van der Waals surface area contributed by atoms with E-state index in [0.717, 1.165) is 30.4 Å². The Hall–Kier alpha value is -1.77. The van der Waals surface area contributed by atoms with Gasteiger partial charge in [-0.25, -0.2) is 0 Å². The van der Waals surface area contributed by atoms with Gasteiger partial charge in [0.15, 0.2) is 0 Å². The second-order valence-corrected chi connectivity index (χ2v) is 4.46. The number of unbranched alkanes of at least 4 members (excludes halogenated alkanes) is 1. The van der Waals surface area contributed by atoms with Crippen molar-refractivity contribution in [2.75, 3.05) is 6.54 Å². The van der Waals surface area contributed by atoms with Crippen molar-refractivity contribution in [1.82, 2.24) is 5.32 Å². The molecule has 104 valence electrons. The van der Waals surface area contributed by atoms with Gasteiger partial charge in [0, 0.05) is 11.9 Å². The van der Waals surface area contributed by atoms with Crippen molar-refractivity contribution < 1.29 is 9.21 Å². The van der Waals surface area contributed by atoms with E-state index in [2.05, 4.69) is 26.1 Å². The highest BCUT2D eigenvalue weighted by molar-refractivity contribution is 6.05. The molecule has 0 atom stereocenters. The summed E-state index contributed by atoms with van der Waals surface area (Å²) in [4.78, 5) is 11.8. The third kappa shape index (κ3) is 4.43. The average Bonchev–Trinajstić information content (AvgIpc) is 2.84. The van der Waals surface area contributed by atoms with E-state index in [4.69, 9.17) is 4.42 Å². The van der Waals surface area contributed by atoms with Crippen LogP contribution in [0.1, 0.15) is 50.4 Å². The first-order valence-corrected chi connectivity index (χ1v) is 6.98. The number of carbonyl (C=O) groups is 1. The average molecular weight is 261 g/mol. The molecule has 3 nitrogen and oxygen atoms in total. The number of furan rings is 1. The minimum Gasteiger partial charge on any atom is -0.463 e. The topological polar surface area (TPSA) is 42.2 Å². The lowest BCUT2D eigenvalue weighted by Gasteiger charge is -2.01. The van der Waals surface area contributed by atoms with Gasteiger partial charge < -0.3 is 9.73 Å². The lowest BCUT2D eigenvalue weighted by Crippen LogP contribution is -2.23. The zero-order valence-electron chi connectivity index (χ0n) is 12.0. The zero-order chi connectivity index (χ0) is 14.1. The number of carbonyl (C=O) groups excluding carboxylic acids is 1. The van der Waals surface area contributed by atoms with Gasteiger partial charge in [0.25, 0.3) is 5.91 Å². The summed E-state index contributed by atoms with van der Waals surface area (Å²) in [6.45, 7) is 7.06. The van der Waals surface area contributed by atoms with Crippen molar-refractivity contribution in [2.24, 2.45) is 0 Å². The van der Waals surface area contributed by atoms with Crippen LogP contribution in [0.4, 0.5) is 0 Å². The first-order chi connectivity index (χ1) is 9.24. The fourth-order valence-corrected chi connectivity index (χ4v) is 1.63. The molecule has 1 N–H and O–H groups in total. The van der Waals surface area contributed by atoms with Crippen molar-refractivity contribution in [3.63, 3.8) is 0 Å². The van der Waals surface area contributed by atoms with Gasteiger partial charge >= 0.3 is 0 Å². The fourth-order valence-electron chi connectivity index (χ4n) is 1.63. The number of para-hydroxylation sites is 1. The molecule has 1 aromatic carbocycles. The van der Waals surface area contributed by atoms with Gasteiger partial charge in [-0.3, -0.25) is 4.79 Å². The second-order valence-electron chi connectivity index (χ2n) is 4.46. The maximum Gasteiger partial charge on any atom is 0.255 e. The quantitative estimate of drug-likeness (QED) is 0.830. The summed E-state index contributed by atoms with van der Waals surface area (Å²) in [5.74, 6) is -0.0570. The Labute approximate surface area is 115 Å². The van der Waals surface area contributed by atoms with Crippen LogP contribution in [0.15, 0.2) is 34.9 Å². The van der Waals surface area contributed by atoms with Crippen LogP contribution in [0.3, 0.4) is 0 Å². The van der Waals surface area contributed by atoms with E-state index in [9.17, 15) is 4.79 Å². The Morgan fingerprint density at radius 2 is 1.89 bits per heavy atom. The van der Waals surface area contributed by atoms with Gasteiger partial charge in [-0.15, -0.1) is 0 Å². The molecule has 0 fully saturated rings. The highest BCUT2D eigenvalue weighted by Gasteiger charge is 2.12. The van der Waals surface area contributed by atoms with Gasteiger partial charge in [0.1, 0.15) is 11.8 Å². The van der Waals surface area contributed by atoms with E-state index in [1.165, 1.54) is 12.7 Å². The van der Waals surface area contributed by atoms with Gasteiger partial charge in [-0.1, -0.05) is 51.8 Å². The molecule has 1 heterocycles. The van der Waals surface area contributed by atoms with Crippen molar-refractivity contribution in [3.8, 4) is 0 Å². The normalized spacial score (nSPS) is 9.84. The number of hydrogen-bond donors (Lipinski definition) is 1. The summed E-state index contributed by atoms with van der Waals surface area (Å²) in [5, 5.41) is 3.75. The maximum absolute atomic E-state index is 11.8. The SMILES string of the molecule is CCC.CCCCNC(=O)c1coc2ccccc12. The molecule has 0 aliphatic rings. The molecule has 0 bridgehead atoms. The molecule has 0 saturated heterocycles. The van der Waals surface area contributed by atoms with Crippen LogP contribution in [0.2, 0.25) is 0 Å². The van der Waals surface area contributed by atoms with Crippen LogP contribution in [0, 0.1) is 0 Å². The predicted molar refractivity (Wildman–Crippen MR) is 79.4 cm³/mol. The summed E-state index contributed by atoms with van der Waals surface area (Å²) >= 11 is 0. The summed E-state index contributed by atoms with van der Waals surface area (Å²) in [7, 11) is 0. The van der Waals surface area contributed by atoms with E-state index in [0.29, 0.717) is 5.56 Å². The number of hydrogen-bond acceptors (Lipinski definition) is 2. The van der Waals surface area contributed by atoms with Crippen LogP contribution in [-0.2, 0) is 0 Å². The molecule has 19 heavy (non-hydrogen) atoms. The molecular formula is C16H23NO2. The molecule has 0 unspecified atom stereocenters. The molecule has 0 aliphatic carbocycles. The minimum absolute atomic E-state index is 0.0570. The maximum atomic E-state index is 11.8. The summed E-state index contributed by atoms with van der Waals surface area (Å²) in [5.41, 5.74) is 1.37. The van der Waals surface area contributed by atoms with Crippen molar-refractivity contribution in [1.29, 1.82) is 0 Å². The van der Waals surface area contributed by atoms with E-state index in [1.807, 2.05) is 24.3 Å². The number of amides is 1. The van der Waals surface area contributed by atoms with Crippen LogP contribution >= 0.6 is 0 Å². The Kier molecular flexibility index (Phi) is 6.72. The lowest BCUT2D eigenvalue weighted by molar-refractivity contribution is 0.0954. The molecule has 0 radical (unpaired) electrons. The standard InChI is InChI=1S/C13H15NO2.C3H8/c1-2-3-8-14-13(15)11-9-16-12-7-5-4-6-10(11)12;1-3-2/h4-7,9H,2-3,8H2,1H3,(H,14,15);3H2,1-2H3. The zero-order valence-corrected chi connectivity index (χ0v) is 12.0. The van der Waals surface area contributed by atoms with Gasteiger partial charge in [0.2, 0.25) is 0 Å². The third-order valence-corrected chi connectivity index (χ3v) is 2.54. The summed E-state index contributed by atoms with van der Waals surface area (Å²) < 4.78 is 5.32. The molecule has 0 spiro atoms. The van der Waals surface area contributed by atoms with Crippen molar-refractivity contribution in [2.45, 2.75) is 40.0 Å². The van der Waals surface area contributed by atoms with Crippen LogP contribution in [0.25, 0.3) is 11.0 Å². The second kappa shape index (κ2) is 8.35. The number of benzene rings is 1. The Bertz CT molecular complexity index is 502. The van der Waals surface area contributed by atoms with Gasteiger partial charge in [-0.2, -0.15) is 0 Å². The van der Waals surface area contributed by atoms with E-state index in [1.54, 1.807) is 0 Å². The minimum atomic E-state index is -0.0570. The molecule has 2 aromatic rings. The fraction of sp³-hybridized carbons (Fsp3) is 0.438. The predicted octanol–water partition coefficient (Wildman–Crippen LogP) is 4.38. The van der Waals surface area contributed by atoms with Crippen molar-refractivity contribution >= 4 is 16.9 Å². The van der Waals surface area contributed by atoms with Crippen LogP contribution < -0.4 is 5.32 Å². The lowest BCUT2D eigenvalue weighted by atomic mass is 10.1. The first kappa shape index (κ1) is 15.3. The smallest absolute Gasteiger partial charge is 0.255 e. The molecule has 1 aromatic heterocycles. The largest absolute Gasteiger partial charge is 0.463 e. The molecule has 2 rings (SSSR count). The first-order valence-electron chi connectivity index (χ1n) is 6.98. The van der Waals surface area contributed by atoms with Gasteiger partial charge in [0.05, 0.1) is 5.56 Å². The van der Waals surface area contributed by atoms with E-state index < -0.39 is 0 Å². The molecular weight excluding hydrogens is 238 g/mol. The number of rotatable bonds is 4. The van der Waals surface area contributed by atoms with Crippen molar-refractivity contribution in [3.05, 3.63) is 36.1 Å². The molecule has 1 amide bonds. The van der Waals surface area contributed by atoms with Crippen LogP contribution in [-0.4, -0.2) is 12.5 Å². The van der Waals surface area contributed by atoms with E-state index >= 15 is 0 Å². The van der Waals surface area contributed by atoms with Crippen LogP contribution in [0.5, 0.6) is 0 Å². The monoisotopic (exact) mass is 261 g/mol. The highest BCUT2D eigenvalue weighted by Crippen LogP contribution is 2.20. The number of fused-ring (bicyclic) bond motifs is 1. The highest BCUT2D eigenvalue weighted by atomic mass is 16.3. The van der Waals surface area contributed by atoms with Gasteiger partial charge in [-0.05, 0) is 12.5 Å². The summed E-state index contributed by atoms with van der Waals surface area (Å²) in [6.07, 6.45) is 4.85. The third-order valence-electron chi connectivity index (χ3n) is 2.54. The van der Waals surface area contributed by atoms with E-state index in [-0.39, 0.29) is 5.91 Å². The Morgan fingerprint density at radius 3 is 2.58 bits per heavy atom. The Balaban J connectivity index is 0.000000550. The molecule has 0 aliphatic heterocycles. The Morgan fingerprint density at radius 1 is 1.21 bits per heavy atom.